The van der Waals surface area contributed by atoms with Gasteiger partial charge < -0.3 is 10.2 Å². The van der Waals surface area contributed by atoms with Crippen molar-refractivity contribution in [3.63, 3.8) is 0 Å². The van der Waals surface area contributed by atoms with Crippen LogP contribution in [0.25, 0.3) is 0 Å². The first-order valence-electron chi connectivity index (χ1n) is 7.92. The van der Waals surface area contributed by atoms with Crippen LogP contribution in [-0.2, 0) is 0 Å². The minimum absolute atomic E-state index is 0.425. The number of nitrogens with zero attached hydrogens (tertiary/aromatic N) is 1. The Morgan fingerprint density at radius 2 is 1.60 bits per heavy atom. The third kappa shape index (κ3) is 6.25. The Bertz CT molecular complexity index is 345. The van der Waals surface area contributed by atoms with Crippen molar-refractivity contribution in [2.24, 2.45) is 0 Å². The van der Waals surface area contributed by atoms with Crippen LogP contribution in [0.4, 0.5) is 0 Å². The number of benzene rings is 1. The van der Waals surface area contributed by atoms with Crippen molar-refractivity contribution in [1.29, 1.82) is 0 Å². The van der Waals surface area contributed by atoms with Crippen molar-refractivity contribution in [3.8, 4) is 0 Å². The van der Waals surface area contributed by atoms with E-state index in [-0.39, 0.29) is 0 Å². The molecule has 0 aliphatic heterocycles. The van der Waals surface area contributed by atoms with Crippen LogP contribution >= 0.6 is 11.6 Å². The van der Waals surface area contributed by atoms with Gasteiger partial charge in [0.1, 0.15) is 0 Å². The molecule has 0 fully saturated rings. The van der Waals surface area contributed by atoms with Gasteiger partial charge in [-0.25, -0.2) is 0 Å². The predicted octanol–water partition coefficient (Wildman–Crippen LogP) is 4.50. The smallest absolute Gasteiger partial charge is 0.0406 e. The molecule has 0 aromatic heterocycles. The fourth-order valence-electron chi connectivity index (χ4n) is 2.61. The van der Waals surface area contributed by atoms with Crippen LogP contribution in [0.15, 0.2) is 24.3 Å². The molecule has 0 amide bonds. The summed E-state index contributed by atoms with van der Waals surface area (Å²) in [6.45, 7) is 11.2. The highest BCUT2D eigenvalue weighted by Crippen LogP contribution is 2.20. The zero-order chi connectivity index (χ0) is 14.8. The quantitative estimate of drug-likeness (QED) is 0.684. The van der Waals surface area contributed by atoms with Gasteiger partial charge in [-0.05, 0) is 63.1 Å². The summed E-state index contributed by atoms with van der Waals surface area (Å²) in [7, 11) is 0. The first-order chi connectivity index (χ1) is 9.71. The monoisotopic (exact) mass is 296 g/mol. The molecule has 1 atom stereocenters. The number of hydrogen-bond donors (Lipinski definition) is 1. The Morgan fingerprint density at radius 1 is 1.00 bits per heavy atom. The minimum Gasteiger partial charge on any atom is -0.310 e. The van der Waals surface area contributed by atoms with E-state index in [1.165, 1.54) is 31.5 Å². The van der Waals surface area contributed by atoms with Gasteiger partial charge in [-0.15, -0.1) is 0 Å². The summed E-state index contributed by atoms with van der Waals surface area (Å²) in [6.07, 6.45) is 3.61. The zero-order valence-electron chi connectivity index (χ0n) is 13.2. The molecule has 114 valence electrons. The van der Waals surface area contributed by atoms with Crippen LogP contribution in [0.2, 0.25) is 5.02 Å². The van der Waals surface area contributed by atoms with Crippen LogP contribution < -0.4 is 5.32 Å². The lowest BCUT2D eigenvalue weighted by Crippen LogP contribution is -2.30. The van der Waals surface area contributed by atoms with Crippen molar-refractivity contribution >= 4 is 11.6 Å². The van der Waals surface area contributed by atoms with Crippen LogP contribution in [0, 0.1) is 0 Å². The van der Waals surface area contributed by atoms with E-state index < -0.39 is 0 Å². The lowest BCUT2D eigenvalue weighted by Gasteiger charge is -2.25. The molecule has 0 saturated carbocycles. The summed E-state index contributed by atoms with van der Waals surface area (Å²) in [5, 5.41) is 4.40. The number of halogens is 1. The van der Waals surface area contributed by atoms with Gasteiger partial charge in [0.05, 0.1) is 0 Å². The van der Waals surface area contributed by atoms with E-state index in [0.29, 0.717) is 6.04 Å². The fraction of sp³-hybridized carbons (Fsp3) is 0.647. The van der Waals surface area contributed by atoms with Crippen LogP contribution in [0.5, 0.6) is 0 Å². The molecular weight excluding hydrogens is 268 g/mol. The Kier molecular flexibility index (Phi) is 8.92. The van der Waals surface area contributed by atoms with Crippen LogP contribution in [-0.4, -0.2) is 31.1 Å². The van der Waals surface area contributed by atoms with Crippen molar-refractivity contribution in [1.82, 2.24) is 10.2 Å². The average Bonchev–Trinajstić information content (AvgIpc) is 2.45. The molecule has 0 aliphatic carbocycles. The van der Waals surface area contributed by atoms with Gasteiger partial charge in [0.25, 0.3) is 0 Å². The van der Waals surface area contributed by atoms with E-state index in [1.807, 2.05) is 12.1 Å². The summed E-state index contributed by atoms with van der Waals surface area (Å²) in [5.74, 6) is 0. The molecule has 0 radical (unpaired) electrons. The van der Waals surface area contributed by atoms with Gasteiger partial charge in [-0.3, -0.25) is 0 Å². The van der Waals surface area contributed by atoms with Crippen molar-refractivity contribution in [2.45, 2.75) is 46.1 Å². The number of rotatable bonds is 10. The molecule has 3 heteroatoms. The summed E-state index contributed by atoms with van der Waals surface area (Å²) < 4.78 is 0. The first kappa shape index (κ1) is 17.5. The molecule has 1 aromatic carbocycles. The maximum absolute atomic E-state index is 5.97. The summed E-state index contributed by atoms with van der Waals surface area (Å²) in [5.41, 5.74) is 1.34. The number of hydrogen-bond acceptors (Lipinski definition) is 2. The average molecular weight is 297 g/mol. The standard InChI is InChI=1S/C17H29ClN2/c1-4-12-20(13-5-2)14-11-17(19-6-3)15-7-9-16(18)10-8-15/h7-10,17,19H,4-6,11-14H2,1-3H3. The second kappa shape index (κ2) is 10.2. The van der Waals surface area contributed by atoms with E-state index in [1.54, 1.807) is 0 Å². The molecular formula is C17H29ClN2. The van der Waals surface area contributed by atoms with Gasteiger partial charge in [0, 0.05) is 11.1 Å². The van der Waals surface area contributed by atoms with Crippen LogP contribution in [0.1, 0.15) is 51.6 Å². The van der Waals surface area contributed by atoms with Gasteiger partial charge in [0.15, 0.2) is 0 Å². The highest BCUT2D eigenvalue weighted by molar-refractivity contribution is 6.30. The highest BCUT2D eigenvalue weighted by Gasteiger charge is 2.12. The van der Waals surface area contributed by atoms with E-state index >= 15 is 0 Å². The maximum atomic E-state index is 5.97. The van der Waals surface area contributed by atoms with E-state index in [9.17, 15) is 0 Å². The molecule has 2 nitrogen and oxygen atoms in total. The molecule has 1 N–H and O–H groups in total. The van der Waals surface area contributed by atoms with E-state index in [4.69, 9.17) is 11.6 Å². The summed E-state index contributed by atoms with van der Waals surface area (Å²) in [4.78, 5) is 2.57. The largest absolute Gasteiger partial charge is 0.310 e. The lowest BCUT2D eigenvalue weighted by molar-refractivity contribution is 0.257. The molecule has 0 aliphatic rings. The summed E-state index contributed by atoms with van der Waals surface area (Å²) >= 11 is 5.97. The van der Waals surface area contributed by atoms with E-state index in [0.717, 1.165) is 24.5 Å². The Balaban J connectivity index is 2.59. The molecule has 1 unspecified atom stereocenters. The van der Waals surface area contributed by atoms with Gasteiger partial charge in [0.2, 0.25) is 0 Å². The topological polar surface area (TPSA) is 15.3 Å². The van der Waals surface area contributed by atoms with Crippen molar-refractivity contribution < 1.29 is 0 Å². The van der Waals surface area contributed by atoms with Crippen molar-refractivity contribution in [3.05, 3.63) is 34.9 Å². The van der Waals surface area contributed by atoms with Crippen LogP contribution in [0.3, 0.4) is 0 Å². The minimum atomic E-state index is 0.425. The zero-order valence-corrected chi connectivity index (χ0v) is 13.9. The second-order valence-electron chi connectivity index (χ2n) is 5.29. The molecule has 1 aromatic rings. The second-order valence-corrected chi connectivity index (χ2v) is 5.73. The maximum Gasteiger partial charge on any atom is 0.0406 e. The van der Waals surface area contributed by atoms with Gasteiger partial charge in [-0.2, -0.15) is 0 Å². The molecule has 20 heavy (non-hydrogen) atoms. The molecule has 0 spiro atoms. The Morgan fingerprint density at radius 3 is 2.10 bits per heavy atom. The predicted molar refractivity (Wildman–Crippen MR) is 89.5 cm³/mol. The highest BCUT2D eigenvalue weighted by atomic mass is 35.5. The first-order valence-corrected chi connectivity index (χ1v) is 8.30. The summed E-state index contributed by atoms with van der Waals surface area (Å²) in [6, 6.07) is 8.67. The molecule has 0 bridgehead atoms. The van der Waals surface area contributed by atoms with Crippen molar-refractivity contribution in [2.75, 3.05) is 26.2 Å². The molecule has 0 heterocycles. The van der Waals surface area contributed by atoms with Gasteiger partial charge in [-0.1, -0.05) is 44.5 Å². The fourth-order valence-corrected chi connectivity index (χ4v) is 2.73. The van der Waals surface area contributed by atoms with E-state index in [2.05, 4.69) is 43.1 Å². The third-order valence-corrected chi connectivity index (χ3v) is 3.79. The SMILES string of the molecule is CCCN(CCC)CCC(NCC)c1ccc(Cl)cc1. The third-order valence-electron chi connectivity index (χ3n) is 3.54. The van der Waals surface area contributed by atoms with Gasteiger partial charge >= 0.3 is 0 Å². The normalized spacial score (nSPS) is 12.8. The Hall–Kier alpha value is -0.570. The Labute approximate surface area is 129 Å². The molecule has 1 rings (SSSR count). The molecule has 0 saturated heterocycles. The lowest BCUT2D eigenvalue weighted by atomic mass is 10.0. The number of nitrogens with one attached hydrogen (secondary N) is 1.